The van der Waals surface area contributed by atoms with Crippen molar-refractivity contribution in [2.24, 2.45) is 10.8 Å². The molecular weight excluding hydrogens is 240 g/mol. The first-order chi connectivity index (χ1) is 9.87. The van der Waals surface area contributed by atoms with Crippen molar-refractivity contribution in [3.05, 3.63) is 71.8 Å². The number of benzene rings is 2. The predicted molar refractivity (Wildman–Crippen MR) is 81.7 cm³/mol. The summed E-state index contributed by atoms with van der Waals surface area (Å²) in [6.45, 7) is 0. The summed E-state index contributed by atoms with van der Waals surface area (Å²) in [5, 5.41) is 0. The first kappa shape index (κ1) is 11.1. The lowest BCUT2D eigenvalue weighted by Gasteiger charge is -2.56. The van der Waals surface area contributed by atoms with Gasteiger partial charge in [0.05, 0.1) is 0 Å². The fourth-order valence-electron chi connectivity index (χ4n) is 5.39. The molecule has 0 heterocycles. The average Bonchev–Trinajstić information content (AvgIpc) is 3.39. The molecule has 0 bridgehead atoms. The third kappa shape index (κ3) is 1.19. The molecule has 0 heteroatoms. The lowest BCUT2D eigenvalue weighted by molar-refractivity contribution is 0.0367. The third-order valence-corrected chi connectivity index (χ3v) is 6.41. The highest BCUT2D eigenvalue weighted by atomic mass is 14.8. The van der Waals surface area contributed by atoms with Crippen molar-refractivity contribution in [3.63, 3.8) is 0 Å². The zero-order valence-corrected chi connectivity index (χ0v) is 11.8. The van der Waals surface area contributed by atoms with Crippen molar-refractivity contribution in [1.29, 1.82) is 0 Å². The normalized spacial score (nSPS) is 31.0. The van der Waals surface area contributed by atoms with Gasteiger partial charge in [0.15, 0.2) is 0 Å². The Kier molecular flexibility index (Phi) is 1.98. The number of rotatable bonds is 2. The van der Waals surface area contributed by atoms with Crippen LogP contribution in [0, 0.1) is 10.8 Å². The summed E-state index contributed by atoms with van der Waals surface area (Å²) in [7, 11) is 0. The average molecular weight is 260 g/mol. The van der Waals surface area contributed by atoms with Gasteiger partial charge in [0.2, 0.25) is 0 Å². The molecule has 3 fully saturated rings. The second-order valence-electron chi connectivity index (χ2n) is 7.09. The highest BCUT2D eigenvalue weighted by Gasteiger charge is 2.80. The molecular formula is C20H20. The molecule has 0 nitrogen and oxygen atoms in total. The van der Waals surface area contributed by atoms with Gasteiger partial charge >= 0.3 is 0 Å². The van der Waals surface area contributed by atoms with Gasteiger partial charge in [-0.25, -0.2) is 0 Å². The molecule has 2 atom stereocenters. The van der Waals surface area contributed by atoms with Gasteiger partial charge in [0, 0.05) is 0 Å². The number of fused-ring (bicyclic) bond motifs is 1. The van der Waals surface area contributed by atoms with Gasteiger partial charge in [-0.1, -0.05) is 60.7 Å². The van der Waals surface area contributed by atoms with Gasteiger partial charge in [0.1, 0.15) is 0 Å². The maximum atomic E-state index is 2.36. The largest absolute Gasteiger partial charge is 0.0622 e. The van der Waals surface area contributed by atoms with Crippen LogP contribution in [0.3, 0.4) is 0 Å². The van der Waals surface area contributed by atoms with Crippen molar-refractivity contribution >= 4 is 0 Å². The molecule has 0 amide bonds. The summed E-state index contributed by atoms with van der Waals surface area (Å²) >= 11 is 0. The van der Waals surface area contributed by atoms with Crippen molar-refractivity contribution in [3.8, 4) is 0 Å². The second-order valence-corrected chi connectivity index (χ2v) is 7.09. The Bertz CT molecular complexity index is 573. The van der Waals surface area contributed by atoms with Crippen LogP contribution in [0.25, 0.3) is 0 Å². The van der Waals surface area contributed by atoms with Gasteiger partial charge in [-0.05, 0) is 59.5 Å². The van der Waals surface area contributed by atoms with Gasteiger partial charge in [-0.15, -0.1) is 0 Å². The van der Waals surface area contributed by atoms with Crippen molar-refractivity contribution < 1.29 is 0 Å². The van der Waals surface area contributed by atoms with E-state index in [9.17, 15) is 0 Å². The Hall–Kier alpha value is -1.56. The van der Waals surface area contributed by atoms with Crippen LogP contribution in [0.15, 0.2) is 60.7 Å². The zero-order chi connectivity index (χ0) is 13.2. The van der Waals surface area contributed by atoms with E-state index in [1.165, 1.54) is 25.7 Å². The summed E-state index contributed by atoms with van der Waals surface area (Å²) in [5.41, 5.74) is 4.51. The van der Waals surface area contributed by atoms with E-state index in [0.29, 0.717) is 10.8 Å². The number of hydrogen-bond acceptors (Lipinski definition) is 0. The summed E-state index contributed by atoms with van der Waals surface area (Å²) in [6.07, 6.45) is 5.87. The Morgan fingerprint density at radius 3 is 1.20 bits per heavy atom. The molecule has 20 heavy (non-hydrogen) atoms. The van der Waals surface area contributed by atoms with Crippen LogP contribution in [0.2, 0.25) is 0 Å². The molecule has 2 spiro atoms. The summed E-state index contributed by atoms with van der Waals surface area (Å²) in [4.78, 5) is 0. The molecule has 2 aromatic carbocycles. The fraction of sp³-hybridized carbons (Fsp3) is 0.400. The van der Waals surface area contributed by atoms with Crippen LogP contribution < -0.4 is 0 Å². The molecule has 0 saturated heterocycles. The molecule has 100 valence electrons. The van der Waals surface area contributed by atoms with Crippen LogP contribution in [0.5, 0.6) is 0 Å². The maximum absolute atomic E-state index is 2.36. The molecule has 0 N–H and O–H groups in total. The van der Waals surface area contributed by atoms with E-state index >= 15 is 0 Å². The lowest BCUT2D eigenvalue weighted by atomic mass is 9.47. The van der Waals surface area contributed by atoms with E-state index in [0.717, 1.165) is 11.8 Å². The van der Waals surface area contributed by atoms with Crippen molar-refractivity contribution in [2.45, 2.75) is 37.5 Å². The summed E-state index contributed by atoms with van der Waals surface area (Å²) < 4.78 is 0. The van der Waals surface area contributed by atoms with Crippen LogP contribution in [0.4, 0.5) is 0 Å². The lowest BCUT2D eigenvalue weighted by Crippen LogP contribution is -2.47. The van der Waals surface area contributed by atoms with E-state index in [4.69, 9.17) is 0 Å². The number of hydrogen-bond donors (Lipinski definition) is 0. The molecule has 0 aliphatic heterocycles. The molecule has 3 aliphatic rings. The van der Waals surface area contributed by atoms with Gasteiger partial charge in [-0.3, -0.25) is 0 Å². The topological polar surface area (TPSA) is 0 Å². The van der Waals surface area contributed by atoms with Crippen molar-refractivity contribution in [1.82, 2.24) is 0 Å². The molecule has 3 aliphatic carbocycles. The van der Waals surface area contributed by atoms with E-state index in [-0.39, 0.29) is 0 Å². The first-order valence-corrected chi connectivity index (χ1v) is 7.97. The van der Waals surface area contributed by atoms with Gasteiger partial charge in [0.25, 0.3) is 0 Å². The first-order valence-electron chi connectivity index (χ1n) is 7.97. The van der Waals surface area contributed by atoms with Gasteiger partial charge in [-0.2, -0.15) is 0 Å². The van der Waals surface area contributed by atoms with E-state index < -0.39 is 0 Å². The maximum Gasteiger partial charge on any atom is -0.00254 e. The molecule has 3 saturated carbocycles. The minimum atomic E-state index is 0.675. The Morgan fingerprint density at radius 2 is 0.900 bits per heavy atom. The molecule has 0 unspecified atom stereocenters. The molecule has 5 rings (SSSR count). The van der Waals surface area contributed by atoms with Crippen LogP contribution in [0.1, 0.15) is 48.6 Å². The molecule has 0 aromatic heterocycles. The standard InChI is InChI=1S/C20H20/c1-3-7-15(8-4-1)17-18(16-9-5-2-6-10-16)20(13-14-20)19(17)11-12-19/h1-10,17-18H,11-14H2/t17-,18+. The minimum Gasteiger partial charge on any atom is -0.0622 e. The highest BCUT2D eigenvalue weighted by Crippen LogP contribution is 2.90. The Balaban J connectivity index is 1.62. The van der Waals surface area contributed by atoms with Gasteiger partial charge < -0.3 is 0 Å². The Morgan fingerprint density at radius 1 is 0.550 bits per heavy atom. The molecule has 0 radical (unpaired) electrons. The third-order valence-electron chi connectivity index (χ3n) is 6.41. The van der Waals surface area contributed by atoms with Crippen LogP contribution >= 0.6 is 0 Å². The predicted octanol–water partition coefficient (Wildman–Crippen LogP) is 5.13. The highest BCUT2D eigenvalue weighted by molar-refractivity contribution is 5.47. The smallest absolute Gasteiger partial charge is 0.00254 e. The quantitative estimate of drug-likeness (QED) is 0.702. The second kappa shape index (κ2) is 3.55. The van der Waals surface area contributed by atoms with E-state index in [1.807, 2.05) is 0 Å². The summed E-state index contributed by atoms with van der Waals surface area (Å²) in [6, 6.07) is 22.6. The SMILES string of the molecule is c1ccc([C@@H]2[C@H](c3ccccc3)C3(CC3)C23CC3)cc1. The van der Waals surface area contributed by atoms with E-state index in [1.54, 1.807) is 11.1 Å². The minimum absolute atomic E-state index is 0.675. The van der Waals surface area contributed by atoms with Crippen LogP contribution in [-0.2, 0) is 0 Å². The van der Waals surface area contributed by atoms with E-state index in [2.05, 4.69) is 60.7 Å². The van der Waals surface area contributed by atoms with Crippen molar-refractivity contribution in [2.75, 3.05) is 0 Å². The molecule has 2 aromatic rings. The van der Waals surface area contributed by atoms with Crippen LogP contribution in [-0.4, -0.2) is 0 Å². The fourth-order valence-corrected chi connectivity index (χ4v) is 5.39. The monoisotopic (exact) mass is 260 g/mol. The zero-order valence-electron chi connectivity index (χ0n) is 11.8. The Labute approximate surface area is 120 Å². The summed E-state index contributed by atoms with van der Waals surface area (Å²) in [5.74, 6) is 1.54.